The number of aliphatic carboxylic acids is 1. The molecule has 0 aliphatic carbocycles. The molecule has 1 aromatic rings. The van der Waals surface area contributed by atoms with Gasteiger partial charge in [-0.25, -0.2) is 4.79 Å². The molecule has 5 atom stereocenters. The van der Waals surface area contributed by atoms with Crippen molar-refractivity contribution in [3.63, 3.8) is 0 Å². The van der Waals surface area contributed by atoms with E-state index in [1.54, 1.807) is 5.51 Å². The lowest BCUT2D eigenvalue weighted by atomic mass is 10.0. The van der Waals surface area contributed by atoms with Crippen molar-refractivity contribution < 1.29 is 35.4 Å². The van der Waals surface area contributed by atoms with Gasteiger partial charge >= 0.3 is 5.97 Å². The van der Waals surface area contributed by atoms with Gasteiger partial charge in [0.15, 0.2) is 0 Å². The Labute approximate surface area is 158 Å². The first-order valence-electron chi connectivity index (χ1n) is 7.11. The van der Waals surface area contributed by atoms with E-state index in [9.17, 15) is 30.3 Å². The second-order valence-electron chi connectivity index (χ2n) is 5.26. The highest BCUT2D eigenvalue weighted by Gasteiger charge is 2.35. The van der Waals surface area contributed by atoms with Gasteiger partial charge in [0.2, 0.25) is 0 Å². The van der Waals surface area contributed by atoms with Crippen LogP contribution in [0.5, 0.6) is 0 Å². The molecular weight excluding hydrogens is 392 g/mol. The summed E-state index contributed by atoms with van der Waals surface area (Å²) in [6.45, 7) is -1.27. The summed E-state index contributed by atoms with van der Waals surface area (Å²) >= 11 is 10.1. The molecule has 1 rings (SSSR count). The van der Waals surface area contributed by atoms with Crippen LogP contribution < -0.4 is 0 Å². The first-order valence-corrected chi connectivity index (χ1v) is 8.85. The molecule has 0 aliphatic rings. The quantitative estimate of drug-likeness (QED) is 0.171. The third-order valence-electron chi connectivity index (χ3n) is 3.49. The Morgan fingerprint density at radius 1 is 1.28 bits per heavy atom. The number of thiol groups is 1. The Kier molecular flexibility index (Phi) is 9.16. The van der Waals surface area contributed by atoms with E-state index in [1.807, 2.05) is 0 Å². The van der Waals surface area contributed by atoms with Crippen LogP contribution in [0.4, 0.5) is 0 Å². The van der Waals surface area contributed by atoms with Crippen molar-refractivity contribution in [3.8, 4) is 0 Å². The third kappa shape index (κ3) is 6.42. The highest BCUT2D eigenvalue weighted by molar-refractivity contribution is 8.10. The van der Waals surface area contributed by atoms with E-state index >= 15 is 0 Å². The Morgan fingerprint density at radius 2 is 1.88 bits per heavy atom. The van der Waals surface area contributed by atoms with E-state index in [4.69, 9.17) is 17.3 Å². The second kappa shape index (κ2) is 10.3. The number of rotatable bonds is 10. The number of carboxylic acid groups (broad SMARTS) is 1. The molecule has 0 aromatic carbocycles. The molecule has 6 N–H and O–H groups in total. The van der Waals surface area contributed by atoms with Gasteiger partial charge in [-0.1, -0.05) is 12.2 Å². The number of aliphatic hydroxyl groups is 5. The Morgan fingerprint density at radius 3 is 2.32 bits per heavy atom. The lowest BCUT2D eigenvalue weighted by Crippen LogP contribution is -2.53. The fraction of sp³-hybridized carbons (Fsp3) is 0.615. The zero-order valence-corrected chi connectivity index (χ0v) is 15.4. The molecule has 0 aliphatic heterocycles. The van der Waals surface area contributed by atoms with Crippen molar-refractivity contribution in [2.24, 2.45) is 0 Å². The number of hydrogen-bond acceptors (Lipinski definition) is 9. The van der Waals surface area contributed by atoms with Crippen LogP contribution >= 0.6 is 36.2 Å². The molecule has 0 radical (unpaired) electrons. The molecule has 1 aromatic heterocycles. The smallest absolute Gasteiger partial charge is 0.326 e. The summed E-state index contributed by atoms with van der Waals surface area (Å²) < 4.78 is -0.125. The number of nitrogens with zero attached hydrogens (tertiary/aromatic N) is 2. The van der Waals surface area contributed by atoms with Crippen LogP contribution in [-0.2, 0) is 11.2 Å². The van der Waals surface area contributed by atoms with Gasteiger partial charge in [-0.05, 0) is 0 Å². The molecule has 0 saturated carbocycles. The second-order valence-corrected chi connectivity index (χ2v) is 7.34. The predicted octanol–water partition coefficient (Wildman–Crippen LogP) is -1.91. The predicted molar refractivity (Wildman–Crippen MR) is 96.6 cm³/mol. The van der Waals surface area contributed by atoms with Gasteiger partial charge in [-0.15, -0.1) is 24.0 Å². The van der Waals surface area contributed by atoms with Gasteiger partial charge in [-0.3, -0.25) is 4.98 Å². The van der Waals surface area contributed by atoms with Gasteiger partial charge in [0.1, 0.15) is 34.8 Å². The standard InChI is InChI=1S/C13H20N2O7S3/c16-4-9(18)11(20)10(19)8(17)3-15(13(23)24)7(12(21)22)1-6-2-14-5-25-6/h2,5,7-11,16-20H,1,3-4H2,(H,21,22)(H,23,24). The van der Waals surface area contributed by atoms with Crippen LogP contribution in [0, 0.1) is 0 Å². The average Bonchev–Trinajstić information content (AvgIpc) is 3.08. The Bertz CT molecular complexity index is 560. The van der Waals surface area contributed by atoms with E-state index in [-0.39, 0.29) is 10.7 Å². The minimum atomic E-state index is -1.83. The summed E-state index contributed by atoms with van der Waals surface area (Å²) in [5.74, 6) is -1.22. The summed E-state index contributed by atoms with van der Waals surface area (Å²) in [5.41, 5.74) is 1.54. The number of hydrogen-bond donors (Lipinski definition) is 7. The van der Waals surface area contributed by atoms with E-state index in [0.29, 0.717) is 4.88 Å². The maximum Gasteiger partial charge on any atom is 0.326 e. The molecule has 5 unspecified atom stereocenters. The zero-order chi connectivity index (χ0) is 19.1. The topological polar surface area (TPSA) is 155 Å². The van der Waals surface area contributed by atoms with E-state index < -0.39 is 49.6 Å². The van der Waals surface area contributed by atoms with Gasteiger partial charge < -0.3 is 35.5 Å². The molecule has 0 saturated heterocycles. The fourth-order valence-corrected chi connectivity index (χ4v) is 3.13. The summed E-state index contributed by atoms with van der Waals surface area (Å²) in [5, 5.41) is 57.2. The maximum atomic E-state index is 11.6. The molecular formula is C13H20N2O7S3. The van der Waals surface area contributed by atoms with Crippen molar-refractivity contribution in [1.82, 2.24) is 9.88 Å². The fourth-order valence-electron chi connectivity index (χ4n) is 2.08. The van der Waals surface area contributed by atoms with Crippen LogP contribution in [0.15, 0.2) is 11.7 Å². The van der Waals surface area contributed by atoms with E-state index in [0.717, 1.165) is 4.90 Å². The summed E-state index contributed by atoms with van der Waals surface area (Å²) in [4.78, 5) is 17.2. The largest absolute Gasteiger partial charge is 0.480 e. The Balaban J connectivity index is 2.89. The first-order chi connectivity index (χ1) is 11.7. The average molecular weight is 413 g/mol. The number of aliphatic hydroxyl groups excluding tert-OH is 5. The minimum Gasteiger partial charge on any atom is -0.480 e. The first kappa shape index (κ1) is 22.2. The number of thiocarbonyl (C=S) groups is 1. The summed E-state index contributed by atoms with van der Waals surface area (Å²) in [6.07, 6.45) is -5.40. The number of carboxylic acids is 1. The Hall–Kier alpha value is -0.860. The number of aromatic nitrogens is 1. The van der Waals surface area contributed by atoms with Gasteiger partial charge in [0.05, 0.1) is 12.1 Å². The molecule has 0 bridgehead atoms. The van der Waals surface area contributed by atoms with Crippen molar-refractivity contribution in [1.29, 1.82) is 0 Å². The molecule has 1 heterocycles. The SMILES string of the molecule is O=C(O)C(Cc1cncs1)N(CC(O)C(O)C(O)C(O)CO)C(=S)S. The van der Waals surface area contributed by atoms with E-state index in [1.165, 1.54) is 17.5 Å². The van der Waals surface area contributed by atoms with Crippen molar-refractivity contribution in [2.75, 3.05) is 13.2 Å². The number of thiazole rings is 1. The minimum absolute atomic E-state index is 0.0470. The number of carbonyl (C=O) groups is 1. The normalized spacial score (nSPS) is 17.4. The highest BCUT2D eigenvalue weighted by atomic mass is 32.1. The molecule has 0 fully saturated rings. The summed E-state index contributed by atoms with van der Waals surface area (Å²) in [7, 11) is 0. The molecule has 0 amide bonds. The molecule has 25 heavy (non-hydrogen) atoms. The maximum absolute atomic E-state index is 11.6. The van der Waals surface area contributed by atoms with Crippen molar-refractivity contribution in [2.45, 2.75) is 36.9 Å². The third-order valence-corrected chi connectivity index (χ3v) is 4.79. The van der Waals surface area contributed by atoms with Gasteiger partial charge in [0, 0.05) is 24.0 Å². The van der Waals surface area contributed by atoms with E-state index in [2.05, 4.69) is 17.6 Å². The molecule has 0 spiro atoms. The zero-order valence-electron chi connectivity index (χ0n) is 12.9. The van der Waals surface area contributed by atoms with Crippen LogP contribution in [0.1, 0.15) is 4.88 Å². The van der Waals surface area contributed by atoms with Gasteiger partial charge in [0.25, 0.3) is 0 Å². The van der Waals surface area contributed by atoms with Gasteiger partial charge in [-0.2, -0.15) is 0 Å². The lowest BCUT2D eigenvalue weighted by molar-refractivity contribution is -0.143. The summed E-state index contributed by atoms with van der Waals surface area (Å²) in [6, 6.07) is -1.17. The molecule has 142 valence electrons. The molecule has 9 nitrogen and oxygen atoms in total. The highest BCUT2D eigenvalue weighted by Crippen LogP contribution is 2.17. The monoisotopic (exact) mass is 412 g/mol. The van der Waals surface area contributed by atoms with Crippen LogP contribution in [0.2, 0.25) is 0 Å². The van der Waals surface area contributed by atoms with Crippen LogP contribution in [0.25, 0.3) is 0 Å². The van der Waals surface area contributed by atoms with Crippen molar-refractivity contribution >= 4 is 46.5 Å². The van der Waals surface area contributed by atoms with Crippen LogP contribution in [-0.4, -0.2) is 94.4 Å². The molecule has 12 heteroatoms. The lowest BCUT2D eigenvalue weighted by Gasteiger charge is -2.33. The van der Waals surface area contributed by atoms with Crippen molar-refractivity contribution in [3.05, 3.63) is 16.6 Å². The van der Waals surface area contributed by atoms with Crippen LogP contribution in [0.3, 0.4) is 0 Å².